The number of nitrogens with zero attached hydrogens (tertiary/aromatic N) is 1. The molecule has 0 bridgehead atoms. The molecule has 0 saturated carbocycles. The van der Waals surface area contributed by atoms with E-state index >= 15 is 0 Å². The van der Waals surface area contributed by atoms with E-state index in [9.17, 15) is 4.79 Å². The Kier molecular flexibility index (Phi) is 5.31. The van der Waals surface area contributed by atoms with Gasteiger partial charge in [-0.25, -0.2) is 0 Å². The van der Waals surface area contributed by atoms with Crippen LogP contribution in [0.2, 0.25) is 0 Å². The molecule has 2 unspecified atom stereocenters. The highest BCUT2D eigenvalue weighted by molar-refractivity contribution is 5.79. The van der Waals surface area contributed by atoms with Gasteiger partial charge < -0.3 is 9.22 Å². The van der Waals surface area contributed by atoms with Crippen LogP contribution in [0.15, 0.2) is 0 Å². The minimum atomic E-state index is -0.272. The van der Waals surface area contributed by atoms with Gasteiger partial charge >= 0.3 is 0 Å². The molecule has 0 heterocycles. The Balaban J connectivity index is 4.10. The molecule has 0 radical (unpaired) electrons. The highest BCUT2D eigenvalue weighted by atomic mass is 16.5. The third kappa shape index (κ3) is 6.11. The predicted octanol–water partition coefficient (Wildman–Crippen LogP) is 1.47. The molecule has 14 heavy (non-hydrogen) atoms. The highest BCUT2D eigenvalue weighted by Crippen LogP contribution is 2.07. The molecule has 0 aliphatic heterocycles. The molecule has 0 rings (SSSR count). The van der Waals surface area contributed by atoms with Crippen LogP contribution >= 0.6 is 0 Å². The van der Waals surface area contributed by atoms with Crippen molar-refractivity contribution in [3.05, 3.63) is 0 Å². The molecule has 0 aliphatic carbocycles. The van der Waals surface area contributed by atoms with Gasteiger partial charge in [0.05, 0.1) is 21.1 Å². The number of ketones is 1. The monoisotopic (exact) mass is 202 g/mol. The van der Waals surface area contributed by atoms with Crippen LogP contribution in [0.3, 0.4) is 0 Å². The Morgan fingerprint density at radius 1 is 1.36 bits per heavy atom. The number of hydrogen-bond donors (Lipinski definition) is 0. The van der Waals surface area contributed by atoms with Crippen molar-refractivity contribution in [1.82, 2.24) is 0 Å². The summed E-state index contributed by atoms with van der Waals surface area (Å²) in [5, 5.41) is 0. The number of Topliss-reactive ketones (excluding diaryl/α,β-unsaturated/α-hetero) is 1. The Morgan fingerprint density at radius 3 is 2.14 bits per heavy atom. The van der Waals surface area contributed by atoms with E-state index in [1.807, 2.05) is 6.92 Å². The quantitative estimate of drug-likeness (QED) is 0.610. The number of carbonyl (C=O) groups is 1. The van der Waals surface area contributed by atoms with Gasteiger partial charge in [-0.05, 0) is 20.3 Å². The zero-order chi connectivity index (χ0) is 11.4. The number of likely N-dealkylation sites (N-methyl/N-ethyl adjacent to an activating group) is 1. The first-order valence-electron chi connectivity index (χ1n) is 5.22. The summed E-state index contributed by atoms with van der Waals surface area (Å²) >= 11 is 0. The molecule has 0 saturated heterocycles. The average molecular weight is 202 g/mol. The number of carbonyl (C=O) groups excluding carboxylic acids is 1. The van der Waals surface area contributed by atoms with Crippen molar-refractivity contribution in [3.63, 3.8) is 0 Å². The van der Waals surface area contributed by atoms with Crippen molar-refractivity contribution >= 4 is 5.78 Å². The topological polar surface area (TPSA) is 26.3 Å². The third-order valence-electron chi connectivity index (χ3n) is 2.18. The van der Waals surface area contributed by atoms with Crippen LogP contribution in [0, 0.1) is 0 Å². The Labute approximate surface area is 87.6 Å². The molecule has 0 N–H and O–H groups in total. The first-order valence-corrected chi connectivity index (χ1v) is 5.22. The fraction of sp³-hybridized carbons (Fsp3) is 0.909. The van der Waals surface area contributed by atoms with Gasteiger partial charge in [-0.1, -0.05) is 6.92 Å². The van der Waals surface area contributed by atoms with Gasteiger partial charge in [-0.15, -0.1) is 0 Å². The second kappa shape index (κ2) is 5.47. The fourth-order valence-electron chi connectivity index (χ4n) is 1.26. The van der Waals surface area contributed by atoms with E-state index in [1.54, 1.807) is 6.92 Å². The van der Waals surface area contributed by atoms with Crippen LogP contribution in [0.1, 0.15) is 27.2 Å². The van der Waals surface area contributed by atoms with Gasteiger partial charge in [-0.3, -0.25) is 4.79 Å². The lowest BCUT2D eigenvalue weighted by atomic mass is 10.2. The molecule has 0 aromatic heterocycles. The maximum absolute atomic E-state index is 11.0. The van der Waals surface area contributed by atoms with Crippen molar-refractivity contribution in [2.45, 2.75) is 39.4 Å². The van der Waals surface area contributed by atoms with Crippen LogP contribution in [-0.2, 0) is 9.53 Å². The summed E-state index contributed by atoms with van der Waals surface area (Å²) in [7, 11) is 6.39. The molecule has 0 aromatic rings. The largest absolute Gasteiger partial charge is 0.362 e. The van der Waals surface area contributed by atoms with Gasteiger partial charge in [0.15, 0.2) is 5.78 Å². The predicted molar refractivity (Wildman–Crippen MR) is 58.2 cm³/mol. The Bertz CT molecular complexity index is 184. The molecule has 84 valence electrons. The minimum absolute atomic E-state index is 0.102. The van der Waals surface area contributed by atoms with E-state index in [2.05, 4.69) is 28.1 Å². The van der Waals surface area contributed by atoms with Gasteiger partial charge in [0, 0.05) is 0 Å². The van der Waals surface area contributed by atoms with Crippen molar-refractivity contribution < 1.29 is 14.0 Å². The zero-order valence-electron chi connectivity index (χ0n) is 10.3. The maximum Gasteiger partial charge on any atom is 0.158 e. The van der Waals surface area contributed by atoms with Crippen LogP contribution in [0.5, 0.6) is 0 Å². The standard InChI is InChI=1S/C11H24NO2/c1-7-11(8-12(4,5)6)14-10(3)9(2)13/h10-11H,7-8H2,1-6H3/q+1. The summed E-state index contributed by atoms with van der Waals surface area (Å²) in [5.41, 5.74) is 0. The molecule has 0 aromatic carbocycles. The van der Waals surface area contributed by atoms with Crippen molar-refractivity contribution in [3.8, 4) is 0 Å². The van der Waals surface area contributed by atoms with Crippen molar-refractivity contribution in [2.24, 2.45) is 0 Å². The lowest BCUT2D eigenvalue weighted by Gasteiger charge is -2.29. The molecule has 3 nitrogen and oxygen atoms in total. The molecular formula is C11H24NO2+. The van der Waals surface area contributed by atoms with Gasteiger partial charge in [0.2, 0.25) is 0 Å². The van der Waals surface area contributed by atoms with Crippen LogP contribution in [-0.4, -0.2) is 50.2 Å². The molecule has 2 atom stereocenters. The molecule has 0 aliphatic rings. The van der Waals surface area contributed by atoms with E-state index in [0.29, 0.717) is 0 Å². The van der Waals surface area contributed by atoms with E-state index in [0.717, 1.165) is 17.4 Å². The average Bonchev–Trinajstić information content (AvgIpc) is 2.00. The summed E-state index contributed by atoms with van der Waals surface area (Å²) in [4.78, 5) is 11.0. The highest BCUT2D eigenvalue weighted by Gasteiger charge is 2.20. The lowest BCUT2D eigenvalue weighted by molar-refractivity contribution is -0.873. The third-order valence-corrected chi connectivity index (χ3v) is 2.18. The maximum atomic E-state index is 11.0. The number of hydrogen-bond acceptors (Lipinski definition) is 2. The second-order valence-electron chi connectivity index (χ2n) is 4.89. The Hall–Kier alpha value is -0.410. The number of quaternary nitrogens is 1. The molecule has 0 spiro atoms. The van der Waals surface area contributed by atoms with Gasteiger partial charge in [-0.2, -0.15) is 0 Å². The zero-order valence-corrected chi connectivity index (χ0v) is 10.3. The van der Waals surface area contributed by atoms with Gasteiger partial charge in [0.1, 0.15) is 18.8 Å². The molecule has 3 heteroatoms. The number of rotatable bonds is 6. The second-order valence-corrected chi connectivity index (χ2v) is 4.89. The number of ether oxygens (including phenoxy) is 1. The van der Waals surface area contributed by atoms with Crippen molar-refractivity contribution in [1.29, 1.82) is 0 Å². The molecule has 0 amide bonds. The van der Waals surface area contributed by atoms with E-state index in [4.69, 9.17) is 4.74 Å². The van der Waals surface area contributed by atoms with E-state index < -0.39 is 0 Å². The SMILES string of the molecule is CCC(C[N+](C)(C)C)OC(C)C(C)=O. The molecular weight excluding hydrogens is 178 g/mol. The summed E-state index contributed by atoms with van der Waals surface area (Å²) < 4.78 is 6.54. The summed E-state index contributed by atoms with van der Waals surface area (Å²) in [6.45, 7) is 6.42. The smallest absolute Gasteiger partial charge is 0.158 e. The van der Waals surface area contributed by atoms with Crippen molar-refractivity contribution in [2.75, 3.05) is 27.7 Å². The molecule has 0 fully saturated rings. The van der Waals surface area contributed by atoms with Crippen LogP contribution < -0.4 is 0 Å². The Morgan fingerprint density at radius 2 is 1.86 bits per heavy atom. The van der Waals surface area contributed by atoms with Crippen LogP contribution in [0.4, 0.5) is 0 Å². The minimum Gasteiger partial charge on any atom is -0.362 e. The summed E-state index contributed by atoms with van der Waals surface area (Å²) in [6, 6.07) is 0. The fourth-order valence-corrected chi connectivity index (χ4v) is 1.26. The van der Waals surface area contributed by atoms with E-state index in [-0.39, 0.29) is 18.0 Å². The lowest BCUT2D eigenvalue weighted by Crippen LogP contribution is -2.43. The normalized spacial score (nSPS) is 16.4. The van der Waals surface area contributed by atoms with E-state index in [1.165, 1.54) is 0 Å². The van der Waals surface area contributed by atoms with Crippen LogP contribution in [0.25, 0.3) is 0 Å². The summed E-state index contributed by atoms with van der Waals surface area (Å²) in [5.74, 6) is 0.102. The van der Waals surface area contributed by atoms with Gasteiger partial charge in [0.25, 0.3) is 0 Å². The first-order chi connectivity index (χ1) is 6.26. The first kappa shape index (κ1) is 13.6. The summed E-state index contributed by atoms with van der Waals surface area (Å²) in [6.07, 6.45) is 0.855.